The van der Waals surface area contributed by atoms with Crippen molar-refractivity contribution in [2.24, 2.45) is 15.9 Å². The molecule has 6 nitrogen and oxygen atoms in total. The maximum Gasteiger partial charge on any atom is 0.180 e. The van der Waals surface area contributed by atoms with Crippen LogP contribution in [-0.4, -0.2) is 21.6 Å². The van der Waals surface area contributed by atoms with E-state index < -0.39 is 0 Å². The first-order valence-electron chi connectivity index (χ1n) is 7.26. The van der Waals surface area contributed by atoms with Gasteiger partial charge in [-0.3, -0.25) is 0 Å². The van der Waals surface area contributed by atoms with Crippen LogP contribution in [0.25, 0.3) is 11.0 Å². The number of aryl methyl sites for hydroxylation is 1. The molecule has 3 aromatic rings. The normalized spacial score (nSPS) is 12.3. The molecule has 0 spiro atoms. The highest BCUT2D eigenvalue weighted by molar-refractivity contribution is 8.13. The van der Waals surface area contributed by atoms with Crippen molar-refractivity contribution < 1.29 is 9.63 Å². The minimum Gasteiger partial charge on any atom is -0.507 e. The maximum atomic E-state index is 9.97. The molecule has 0 aliphatic heterocycles. The number of benzene rings is 2. The fraction of sp³-hybridized carbons (Fsp3) is 0.118. The number of hydrogen-bond acceptors (Lipinski definition) is 6. The molecule has 0 atom stereocenters. The van der Waals surface area contributed by atoms with Crippen molar-refractivity contribution in [2.75, 3.05) is 0 Å². The fourth-order valence-corrected chi connectivity index (χ4v) is 2.78. The van der Waals surface area contributed by atoms with Crippen molar-refractivity contribution in [2.45, 2.75) is 12.7 Å². The van der Waals surface area contributed by atoms with E-state index in [9.17, 15) is 5.11 Å². The molecule has 0 bridgehead atoms. The van der Waals surface area contributed by atoms with Crippen LogP contribution >= 0.6 is 11.8 Å². The largest absolute Gasteiger partial charge is 0.507 e. The third-order valence-electron chi connectivity index (χ3n) is 3.41. The number of amidine groups is 1. The Bertz CT molecular complexity index is 904. The van der Waals surface area contributed by atoms with Crippen molar-refractivity contribution in [3.8, 4) is 5.75 Å². The second kappa shape index (κ2) is 7.18. The van der Waals surface area contributed by atoms with Crippen LogP contribution < -0.4 is 5.73 Å². The first-order chi connectivity index (χ1) is 11.6. The first-order valence-corrected chi connectivity index (χ1v) is 8.25. The van der Waals surface area contributed by atoms with Crippen LogP contribution in [0.1, 0.15) is 16.8 Å². The number of aromatic hydroxyl groups is 1. The van der Waals surface area contributed by atoms with Crippen molar-refractivity contribution in [1.82, 2.24) is 5.16 Å². The highest BCUT2D eigenvalue weighted by Crippen LogP contribution is 2.27. The highest BCUT2D eigenvalue weighted by Gasteiger charge is 2.11. The lowest BCUT2D eigenvalue weighted by Gasteiger charge is -2.00. The van der Waals surface area contributed by atoms with E-state index in [1.165, 1.54) is 18.0 Å². The van der Waals surface area contributed by atoms with Gasteiger partial charge in [-0.25, -0.2) is 0 Å². The Hall–Kier alpha value is -2.80. The number of aromatic nitrogens is 1. The number of nitrogens with two attached hydrogens (primary N) is 1. The minimum atomic E-state index is 0.0492. The van der Waals surface area contributed by atoms with Gasteiger partial charge in [0.25, 0.3) is 0 Å². The van der Waals surface area contributed by atoms with Gasteiger partial charge in [-0.1, -0.05) is 47.3 Å². The molecule has 3 N–H and O–H groups in total. The summed E-state index contributed by atoms with van der Waals surface area (Å²) in [4.78, 5) is 0. The van der Waals surface area contributed by atoms with E-state index in [1.54, 1.807) is 12.1 Å². The lowest BCUT2D eigenvalue weighted by molar-refractivity contribution is 0.443. The Labute approximate surface area is 143 Å². The van der Waals surface area contributed by atoms with Gasteiger partial charge in [-0.2, -0.15) is 5.10 Å². The van der Waals surface area contributed by atoms with Crippen LogP contribution in [0.5, 0.6) is 5.75 Å². The number of rotatable bonds is 4. The smallest absolute Gasteiger partial charge is 0.180 e. The second-order valence-electron chi connectivity index (χ2n) is 5.10. The van der Waals surface area contributed by atoms with Crippen molar-refractivity contribution >= 4 is 34.1 Å². The minimum absolute atomic E-state index is 0.0492. The van der Waals surface area contributed by atoms with Crippen molar-refractivity contribution in [3.05, 3.63) is 59.3 Å². The summed E-state index contributed by atoms with van der Waals surface area (Å²) in [5.41, 5.74) is 8.65. The summed E-state index contributed by atoms with van der Waals surface area (Å²) in [6.07, 6.45) is 1.41. The molecule has 3 rings (SSSR count). The fourth-order valence-electron chi connectivity index (χ4n) is 2.16. The summed E-state index contributed by atoms with van der Waals surface area (Å²) >= 11 is 1.39. The number of fused-ring (bicyclic) bond motifs is 1. The molecule has 2 aromatic carbocycles. The molecule has 122 valence electrons. The summed E-state index contributed by atoms with van der Waals surface area (Å²) in [5, 5.41) is 22.9. The van der Waals surface area contributed by atoms with Gasteiger partial charge in [0, 0.05) is 11.1 Å². The Morgan fingerprint density at radius 1 is 1.29 bits per heavy atom. The van der Waals surface area contributed by atoms with Crippen LogP contribution in [-0.2, 0) is 5.75 Å². The van der Waals surface area contributed by atoms with Crippen LogP contribution in [0.2, 0.25) is 0 Å². The molecule has 0 fully saturated rings. The zero-order valence-corrected chi connectivity index (χ0v) is 13.8. The predicted octanol–water partition coefficient (Wildman–Crippen LogP) is 3.42. The maximum absolute atomic E-state index is 9.97. The first kappa shape index (κ1) is 16.1. The molecule has 0 radical (unpaired) electrons. The zero-order valence-electron chi connectivity index (χ0n) is 13.0. The van der Waals surface area contributed by atoms with E-state index in [2.05, 4.69) is 15.4 Å². The third-order valence-corrected chi connectivity index (χ3v) is 4.26. The average Bonchev–Trinajstić information content (AvgIpc) is 2.97. The predicted molar refractivity (Wildman–Crippen MR) is 97.4 cm³/mol. The van der Waals surface area contributed by atoms with Gasteiger partial charge in [0.2, 0.25) is 0 Å². The van der Waals surface area contributed by atoms with Gasteiger partial charge in [0.05, 0.1) is 17.5 Å². The number of hydrogen-bond donors (Lipinski definition) is 2. The highest BCUT2D eigenvalue weighted by atomic mass is 32.2. The monoisotopic (exact) mass is 340 g/mol. The average molecular weight is 340 g/mol. The van der Waals surface area contributed by atoms with Gasteiger partial charge >= 0.3 is 0 Å². The number of nitrogens with zero attached hydrogens (tertiary/aromatic N) is 3. The summed E-state index contributed by atoms with van der Waals surface area (Å²) in [6, 6.07) is 13.3. The third kappa shape index (κ3) is 3.57. The Morgan fingerprint density at radius 3 is 2.88 bits per heavy atom. The molecule has 0 aliphatic carbocycles. The van der Waals surface area contributed by atoms with Crippen LogP contribution in [0.15, 0.2) is 57.2 Å². The summed E-state index contributed by atoms with van der Waals surface area (Å²) in [6.45, 7) is 1.83. The van der Waals surface area contributed by atoms with E-state index in [1.807, 2.05) is 37.3 Å². The SMILES string of the molecule is Cc1noc2c(C=NN=C(N)SCc3ccccc3)c(O)ccc12. The summed E-state index contributed by atoms with van der Waals surface area (Å²) in [7, 11) is 0. The van der Waals surface area contributed by atoms with Gasteiger partial charge in [0.15, 0.2) is 10.8 Å². The van der Waals surface area contributed by atoms with Crippen LogP contribution in [0.4, 0.5) is 0 Å². The van der Waals surface area contributed by atoms with Crippen LogP contribution in [0.3, 0.4) is 0 Å². The Balaban J connectivity index is 1.72. The molecular formula is C17H16N4O2S. The van der Waals surface area contributed by atoms with Gasteiger partial charge in [0.1, 0.15) is 5.75 Å². The number of phenolic OH excluding ortho intramolecular Hbond substituents is 1. The van der Waals surface area contributed by atoms with E-state index in [0.29, 0.717) is 22.1 Å². The van der Waals surface area contributed by atoms with E-state index >= 15 is 0 Å². The molecular weight excluding hydrogens is 324 g/mol. The summed E-state index contributed by atoms with van der Waals surface area (Å²) < 4.78 is 5.24. The molecule has 0 amide bonds. The van der Waals surface area contributed by atoms with Gasteiger partial charge < -0.3 is 15.4 Å². The molecule has 24 heavy (non-hydrogen) atoms. The van der Waals surface area contributed by atoms with Crippen molar-refractivity contribution in [3.63, 3.8) is 0 Å². The molecule has 1 aromatic heterocycles. The second-order valence-corrected chi connectivity index (χ2v) is 6.10. The number of phenols is 1. The van der Waals surface area contributed by atoms with Crippen LogP contribution in [0, 0.1) is 6.92 Å². The van der Waals surface area contributed by atoms with E-state index in [0.717, 1.165) is 16.6 Å². The molecule has 0 saturated carbocycles. The summed E-state index contributed by atoms with van der Waals surface area (Å²) in [5.74, 6) is 0.765. The van der Waals surface area contributed by atoms with E-state index in [4.69, 9.17) is 10.3 Å². The topological polar surface area (TPSA) is 97.0 Å². The lowest BCUT2D eigenvalue weighted by Crippen LogP contribution is -2.06. The quantitative estimate of drug-likeness (QED) is 0.431. The lowest BCUT2D eigenvalue weighted by atomic mass is 10.1. The zero-order chi connectivity index (χ0) is 16.9. The van der Waals surface area contributed by atoms with E-state index in [-0.39, 0.29) is 5.75 Å². The number of thioether (sulfide) groups is 1. The molecule has 7 heteroatoms. The Morgan fingerprint density at radius 2 is 2.08 bits per heavy atom. The molecule has 1 heterocycles. The molecule has 0 unspecified atom stereocenters. The Kier molecular flexibility index (Phi) is 4.81. The molecule has 0 aliphatic rings. The van der Waals surface area contributed by atoms with Crippen molar-refractivity contribution in [1.29, 1.82) is 0 Å². The standard InChI is InChI=1S/C17H16N4O2S/c1-11-13-7-8-15(22)14(16(13)23-21-11)9-19-20-17(18)24-10-12-5-3-2-4-6-12/h2-9,22H,10H2,1H3,(H2,18,20). The molecule has 0 saturated heterocycles. The van der Waals surface area contributed by atoms with Gasteiger partial charge in [-0.05, 0) is 24.6 Å². The van der Waals surface area contributed by atoms with Gasteiger partial charge in [-0.15, -0.1) is 5.10 Å².